The Morgan fingerprint density at radius 2 is 1.81 bits per heavy atom. The number of hydrogen-bond donors (Lipinski definition) is 0. The fourth-order valence-electron chi connectivity index (χ4n) is 2.35. The van der Waals surface area contributed by atoms with E-state index in [1.54, 1.807) is 37.6 Å². The SMILES string of the molecule is CCOc1cc(C(=O)N(C)CCC(=O)OC)ccc1OCc1ccncc1. The minimum absolute atomic E-state index is 0.143. The summed E-state index contributed by atoms with van der Waals surface area (Å²) in [5.41, 5.74) is 1.44. The number of methoxy groups -OCH3 is 1. The molecule has 0 spiro atoms. The monoisotopic (exact) mass is 372 g/mol. The first-order valence-corrected chi connectivity index (χ1v) is 8.66. The third-order valence-electron chi connectivity index (χ3n) is 3.86. The average Bonchev–Trinajstić information content (AvgIpc) is 2.71. The van der Waals surface area contributed by atoms with Crippen LogP contribution in [0.2, 0.25) is 0 Å². The van der Waals surface area contributed by atoms with Gasteiger partial charge in [0.25, 0.3) is 5.91 Å². The molecule has 0 unspecified atom stereocenters. The van der Waals surface area contributed by atoms with Crippen molar-refractivity contribution in [1.82, 2.24) is 9.88 Å². The molecule has 27 heavy (non-hydrogen) atoms. The van der Waals surface area contributed by atoms with Gasteiger partial charge in [0.1, 0.15) is 6.61 Å². The first-order chi connectivity index (χ1) is 13.0. The number of amides is 1. The Kier molecular flexibility index (Phi) is 7.61. The van der Waals surface area contributed by atoms with E-state index in [4.69, 9.17) is 9.47 Å². The number of carbonyl (C=O) groups is 2. The fraction of sp³-hybridized carbons (Fsp3) is 0.350. The Morgan fingerprint density at radius 3 is 2.48 bits per heavy atom. The molecule has 1 amide bonds. The molecule has 0 aliphatic rings. The number of rotatable bonds is 9. The summed E-state index contributed by atoms with van der Waals surface area (Å²) in [4.78, 5) is 29.3. The maximum atomic E-state index is 12.6. The lowest BCUT2D eigenvalue weighted by Gasteiger charge is -2.18. The summed E-state index contributed by atoms with van der Waals surface area (Å²) < 4.78 is 16.1. The standard InChI is InChI=1S/C20H24N2O5/c1-4-26-18-13-16(20(24)22(2)12-9-19(23)25-3)5-6-17(18)27-14-15-7-10-21-11-8-15/h5-8,10-11,13H,4,9,12,14H2,1-3H3. The van der Waals surface area contributed by atoms with Crippen LogP contribution >= 0.6 is 0 Å². The van der Waals surface area contributed by atoms with Gasteiger partial charge in [0, 0.05) is 31.5 Å². The van der Waals surface area contributed by atoms with Crippen LogP contribution in [-0.2, 0) is 16.1 Å². The Morgan fingerprint density at radius 1 is 1.07 bits per heavy atom. The third-order valence-corrected chi connectivity index (χ3v) is 3.86. The van der Waals surface area contributed by atoms with E-state index in [9.17, 15) is 9.59 Å². The van der Waals surface area contributed by atoms with Gasteiger partial charge in [-0.05, 0) is 42.8 Å². The normalized spacial score (nSPS) is 10.2. The van der Waals surface area contributed by atoms with Crippen LogP contribution in [0.5, 0.6) is 11.5 Å². The lowest BCUT2D eigenvalue weighted by atomic mass is 10.1. The number of benzene rings is 1. The molecule has 7 heteroatoms. The summed E-state index contributed by atoms with van der Waals surface area (Å²) in [6.45, 7) is 2.95. The summed E-state index contributed by atoms with van der Waals surface area (Å²) in [7, 11) is 2.96. The third kappa shape index (κ3) is 5.99. The number of hydrogen-bond acceptors (Lipinski definition) is 6. The van der Waals surface area contributed by atoms with Gasteiger partial charge in [0.15, 0.2) is 11.5 Å². The predicted molar refractivity (Wildman–Crippen MR) is 99.8 cm³/mol. The molecule has 2 rings (SSSR count). The fourth-order valence-corrected chi connectivity index (χ4v) is 2.35. The minimum atomic E-state index is -0.357. The molecule has 0 aliphatic carbocycles. The summed E-state index contributed by atoms with van der Waals surface area (Å²) >= 11 is 0. The van der Waals surface area contributed by atoms with E-state index in [0.29, 0.717) is 30.3 Å². The van der Waals surface area contributed by atoms with E-state index in [2.05, 4.69) is 9.72 Å². The van der Waals surface area contributed by atoms with Crippen molar-refractivity contribution in [3.63, 3.8) is 0 Å². The van der Waals surface area contributed by atoms with Gasteiger partial charge in [0.05, 0.1) is 20.1 Å². The first kappa shape index (κ1) is 20.2. The van der Waals surface area contributed by atoms with Gasteiger partial charge in [-0.3, -0.25) is 14.6 Å². The maximum absolute atomic E-state index is 12.6. The van der Waals surface area contributed by atoms with Gasteiger partial charge in [-0.1, -0.05) is 0 Å². The molecule has 0 N–H and O–H groups in total. The van der Waals surface area contributed by atoms with Crippen molar-refractivity contribution in [2.75, 3.05) is 27.3 Å². The number of esters is 1. The largest absolute Gasteiger partial charge is 0.490 e. The Bertz CT molecular complexity index is 764. The van der Waals surface area contributed by atoms with Gasteiger partial charge in [-0.25, -0.2) is 0 Å². The Labute approximate surface area is 158 Å². The highest BCUT2D eigenvalue weighted by Gasteiger charge is 2.16. The van der Waals surface area contributed by atoms with E-state index in [-0.39, 0.29) is 24.8 Å². The summed E-state index contributed by atoms with van der Waals surface area (Å²) in [5, 5.41) is 0. The molecule has 0 atom stereocenters. The molecule has 0 radical (unpaired) electrons. The lowest BCUT2D eigenvalue weighted by molar-refractivity contribution is -0.140. The minimum Gasteiger partial charge on any atom is -0.490 e. The van der Waals surface area contributed by atoms with E-state index in [0.717, 1.165) is 5.56 Å². The van der Waals surface area contributed by atoms with Crippen molar-refractivity contribution in [2.45, 2.75) is 20.0 Å². The van der Waals surface area contributed by atoms with E-state index in [1.807, 2.05) is 19.1 Å². The van der Waals surface area contributed by atoms with Crippen molar-refractivity contribution < 1.29 is 23.8 Å². The van der Waals surface area contributed by atoms with Crippen molar-refractivity contribution in [3.05, 3.63) is 53.9 Å². The van der Waals surface area contributed by atoms with Crippen LogP contribution in [0, 0.1) is 0 Å². The van der Waals surface area contributed by atoms with Crippen LogP contribution in [-0.4, -0.2) is 49.1 Å². The van der Waals surface area contributed by atoms with Crippen LogP contribution in [0.4, 0.5) is 0 Å². The van der Waals surface area contributed by atoms with Crippen LogP contribution in [0.15, 0.2) is 42.7 Å². The average molecular weight is 372 g/mol. The number of aromatic nitrogens is 1. The zero-order chi connectivity index (χ0) is 19.6. The highest BCUT2D eigenvalue weighted by molar-refractivity contribution is 5.95. The van der Waals surface area contributed by atoms with Gasteiger partial charge in [0.2, 0.25) is 0 Å². The molecule has 0 saturated carbocycles. The van der Waals surface area contributed by atoms with Crippen LogP contribution in [0.25, 0.3) is 0 Å². The van der Waals surface area contributed by atoms with Gasteiger partial charge >= 0.3 is 5.97 Å². The Hall–Kier alpha value is -3.09. The van der Waals surface area contributed by atoms with Crippen molar-refractivity contribution >= 4 is 11.9 Å². The van der Waals surface area contributed by atoms with Crippen molar-refractivity contribution in [1.29, 1.82) is 0 Å². The Balaban J connectivity index is 2.08. The quantitative estimate of drug-likeness (QED) is 0.630. The highest BCUT2D eigenvalue weighted by atomic mass is 16.5. The molecule has 1 heterocycles. The second-order valence-electron chi connectivity index (χ2n) is 5.79. The number of carbonyl (C=O) groups excluding carboxylic acids is 2. The summed E-state index contributed by atoms with van der Waals surface area (Å²) in [6, 6.07) is 8.79. The molecule has 0 saturated heterocycles. The molecule has 0 fully saturated rings. The molecule has 144 valence electrons. The number of ether oxygens (including phenoxy) is 3. The second-order valence-corrected chi connectivity index (χ2v) is 5.79. The molecule has 0 aliphatic heterocycles. The molecular formula is C20H24N2O5. The maximum Gasteiger partial charge on any atom is 0.307 e. The molecule has 7 nitrogen and oxygen atoms in total. The zero-order valence-corrected chi connectivity index (χ0v) is 15.8. The van der Waals surface area contributed by atoms with Crippen molar-refractivity contribution in [2.24, 2.45) is 0 Å². The molecule has 1 aromatic heterocycles. The highest BCUT2D eigenvalue weighted by Crippen LogP contribution is 2.29. The smallest absolute Gasteiger partial charge is 0.307 e. The first-order valence-electron chi connectivity index (χ1n) is 8.66. The van der Waals surface area contributed by atoms with Crippen LogP contribution in [0.3, 0.4) is 0 Å². The number of pyridine rings is 1. The predicted octanol–water partition coefficient (Wildman–Crippen LogP) is 2.69. The number of nitrogens with zero attached hydrogens (tertiary/aromatic N) is 2. The van der Waals surface area contributed by atoms with E-state index < -0.39 is 0 Å². The van der Waals surface area contributed by atoms with Gasteiger partial charge in [-0.2, -0.15) is 0 Å². The summed E-state index contributed by atoms with van der Waals surface area (Å²) in [6.07, 6.45) is 3.55. The lowest BCUT2D eigenvalue weighted by Crippen LogP contribution is -2.29. The second kappa shape index (κ2) is 10.2. The topological polar surface area (TPSA) is 78.0 Å². The van der Waals surface area contributed by atoms with Gasteiger partial charge < -0.3 is 19.1 Å². The molecule has 2 aromatic rings. The van der Waals surface area contributed by atoms with E-state index in [1.165, 1.54) is 12.0 Å². The summed E-state index contributed by atoms with van der Waals surface area (Å²) in [5.74, 6) is 0.492. The zero-order valence-electron chi connectivity index (χ0n) is 15.8. The van der Waals surface area contributed by atoms with Crippen LogP contribution in [0.1, 0.15) is 29.3 Å². The van der Waals surface area contributed by atoms with Crippen molar-refractivity contribution in [3.8, 4) is 11.5 Å². The van der Waals surface area contributed by atoms with Gasteiger partial charge in [-0.15, -0.1) is 0 Å². The molecular weight excluding hydrogens is 348 g/mol. The molecule has 0 bridgehead atoms. The van der Waals surface area contributed by atoms with E-state index >= 15 is 0 Å². The van der Waals surface area contributed by atoms with Crippen LogP contribution < -0.4 is 9.47 Å². The molecule has 1 aromatic carbocycles.